The lowest BCUT2D eigenvalue weighted by atomic mass is 9.92. The van der Waals surface area contributed by atoms with Crippen molar-refractivity contribution in [2.24, 2.45) is 11.7 Å². The highest BCUT2D eigenvalue weighted by molar-refractivity contribution is 5.82. The molecule has 2 N–H and O–H groups in total. The van der Waals surface area contributed by atoms with Gasteiger partial charge in [0.1, 0.15) is 17.7 Å². The van der Waals surface area contributed by atoms with Gasteiger partial charge in [-0.05, 0) is 87.3 Å². The quantitative estimate of drug-likeness (QED) is 0.509. The molecule has 4 rings (SSSR count). The van der Waals surface area contributed by atoms with Crippen molar-refractivity contribution in [3.05, 3.63) is 53.8 Å². The van der Waals surface area contributed by atoms with Crippen LogP contribution in [0.25, 0.3) is 11.1 Å². The van der Waals surface area contributed by atoms with Gasteiger partial charge in [0.05, 0.1) is 24.8 Å². The van der Waals surface area contributed by atoms with Crippen molar-refractivity contribution < 1.29 is 27.8 Å². The fraction of sp³-hybridized carbons (Fsp3) is 0.533. The van der Waals surface area contributed by atoms with Crippen LogP contribution in [-0.2, 0) is 16.0 Å². The van der Waals surface area contributed by atoms with Gasteiger partial charge in [0.15, 0.2) is 0 Å². The van der Waals surface area contributed by atoms with Gasteiger partial charge < -0.3 is 25.0 Å². The summed E-state index contributed by atoms with van der Waals surface area (Å²) in [7, 11) is 0. The van der Waals surface area contributed by atoms with Gasteiger partial charge in [-0.25, -0.2) is 13.6 Å². The Kier molecular flexibility index (Phi) is 9.43. The Bertz CT molecular complexity index is 1140. The number of likely N-dealkylation sites (tertiary alicyclic amines) is 2. The fourth-order valence-electron chi connectivity index (χ4n) is 5.23. The molecule has 0 spiro atoms. The molecule has 2 aromatic rings. The number of amides is 2. The van der Waals surface area contributed by atoms with E-state index in [1.807, 2.05) is 45.0 Å². The molecule has 2 fully saturated rings. The molecule has 0 aliphatic carbocycles. The number of hydrogen-bond acceptors (Lipinski definition) is 5. The van der Waals surface area contributed by atoms with E-state index in [1.165, 1.54) is 11.0 Å². The number of carbonyl (C=O) groups is 2. The Morgan fingerprint density at radius 1 is 0.974 bits per heavy atom. The third-order valence-corrected chi connectivity index (χ3v) is 7.56. The molecule has 2 amide bonds. The summed E-state index contributed by atoms with van der Waals surface area (Å²) < 4.78 is 39.8. The molecule has 2 heterocycles. The van der Waals surface area contributed by atoms with E-state index in [4.69, 9.17) is 15.2 Å². The summed E-state index contributed by atoms with van der Waals surface area (Å²) in [5, 5.41) is 0. The van der Waals surface area contributed by atoms with Crippen LogP contribution in [0.3, 0.4) is 0 Å². The maximum atomic E-state index is 14.9. The van der Waals surface area contributed by atoms with Gasteiger partial charge >= 0.3 is 6.09 Å². The Labute approximate surface area is 229 Å². The minimum atomic E-state index is -1.02. The summed E-state index contributed by atoms with van der Waals surface area (Å²) in [6.45, 7) is 7.45. The molecule has 39 heavy (non-hydrogen) atoms. The zero-order valence-electron chi connectivity index (χ0n) is 22.9. The SMILES string of the molecule is CC(C)OC(=O)N1CCC(C(C)Oc2ccc(-c3ccc(C[C@H](N)C(=O)N4CC[C@H](F)C4)c(F)c3)cc2)CC1. The number of piperidine rings is 1. The molecule has 3 atom stereocenters. The zero-order valence-corrected chi connectivity index (χ0v) is 22.9. The van der Waals surface area contributed by atoms with E-state index >= 15 is 0 Å². The molecule has 0 saturated carbocycles. The predicted molar refractivity (Wildman–Crippen MR) is 146 cm³/mol. The molecular weight excluding hydrogens is 504 g/mol. The van der Waals surface area contributed by atoms with Gasteiger partial charge in [-0.15, -0.1) is 0 Å². The molecule has 0 bridgehead atoms. The van der Waals surface area contributed by atoms with E-state index in [1.54, 1.807) is 17.0 Å². The summed E-state index contributed by atoms with van der Waals surface area (Å²) in [5.41, 5.74) is 7.92. The third-order valence-electron chi connectivity index (χ3n) is 7.56. The second-order valence-electron chi connectivity index (χ2n) is 10.9. The van der Waals surface area contributed by atoms with Crippen LogP contribution >= 0.6 is 0 Å². The molecule has 1 unspecified atom stereocenters. The van der Waals surface area contributed by atoms with Crippen molar-refractivity contribution >= 4 is 12.0 Å². The zero-order chi connectivity index (χ0) is 28.1. The van der Waals surface area contributed by atoms with Crippen LogP contribution in [0.4, 0.5) is 13.6 Å². The van der Waals surface area contributed by atoms with Gasteiger partial charge in [0.2, 0.25) is 5.91 Å². The van der Waals surface area contributed by atoms with Crippen molar-refractivity contribution in [1.29, 1.82) is 0 Å². The lowest BCUT2D eigenvalue weighted by molar-refractivity contribution is -0.131. The van der Waals surface area contributed by atoms with E-state index < -0.39 is 18.0 Å². The number of alkyl halides is 1. The van der Waals surface area contributed by atoms with Crippen LogP contribution in [-0.4, -0.2) is 72.4 Å². The Morgan fingerprint density at radius 3 is 2.21 bits per heavy atom. The number of carbonyl (C=O) groups excluding carboxylic acids is 2. The van der Waals surface area contributed by atoms with Crippen LogP contribution in [0.2, 0.25) is 0 Å². The van der Waals surface area contributed by atoms with E-state index in [0.29, 0.717) is 43.1 Å². The van der Waals surface area contributed by atoms with Gasteiger partial charge in [0.25, 0.3) is 0 Å². The second kappa shape index (κ2) is 12.8. The maximum Gasteiger partial charge on any atom is 0.410 e. The molecule has 0 radical (unpaired) electrons. The molecular formula is C30H39F2N3O4. The summed E-state index contributed by atoms with van der Waals surface area (Å²) in [6.07, 6.45) is 0.657. The lowest BCUT2D eigenvalue weighted by Gasteiger charge is -2.34. The van der Waals surface area contributed by atoms with Crippen LogP contribution in [0, 0.1) is 11.7 Å². The highest BCUT2D eigenvalue weighted by atomic mass is 19.1. The largest absolute Gasteiger partial charge is 0.490 e. The number of halogens is 2. The minimum Gasteiger partial charge on any atom is -0.490 e. The maximum absolute atomic E-state index is 14.9. The Morgan fingerprint density at radius 2 is 1.62 bits per heavy atom. The number of ether oxygens (including phenoxy) is 2. The normalized spacial score (nSPS) is 19.7. The molecule has 0 aromatic heterocycles. The number of hydrogen-bond donors (Lipinski definition) is 1. The Balaban J connectivity index is 1.29. The van der Waals surface area contributed by atoms with Gasteiger partial charge in [-0.3, -0.25) is 4.79 Å². The minimum absolute atomic E-state index is 0.0147. The average molecular weight is 544 g/mol. The van der Waals surface area contributed by atoms with Gasteiger partial charge in [-0.1, -0.05) is 24.3 Å². The van der Waals surface area contributed by atoms with Gasteiger partial charge in [0, 0.05) is 19.6 Å². The Hall–Kier alpha value is -3.20. The van der Waals surface area contributed by atoms with Gasteiger partial charge in [-0.2, -0.15) is 0 Å². The van der Waals surface area contributed by atoms with E-state index in [9.17, 15) is 18.4 Å². The number of nitrogens with two attached hydrogens (primary N) is 1. The first-order chi connectivity index (χ1) is 18.6. The van der Waals surface area contributed by atoms with E-state index in [0.717, 1.165) is 24.2 Å². The second-order valence-corrected chi connectivity index (χ2v) is 10.9. The van der Waals surface area contributed by atoms with Crippen LogP contribution in [0.5, 0.6) is 5.75 Å². The third kappa shape index (κ3) is 7.47. The first-order valence-electron chi connectivity index (χ1n) is 13.8. The molecule has 212 valence electrons. The molecule has 2 saturated heterocycles. The molecule has 2 aromatic carbocycles. The molecule has 2 aliphatic rings. The lowest BCUT2D eigenvalue weighted by Crippen LogP contribution is -2.44. The van der Waals surface area contributed by atoms with Crippen molar-refractivity contribution in [2.75, 3.05) is 26.2 Å². The molecule has 2 aliphatic heterocycles. The highest BCUT2D eigenvalue weighted by Crippen LogP contribution is 2.28. The monoisotopic (exact) mass is 543 g/mol. The van der Waals surface area contributed by atoms with Crippen molar-refractivity contribution in [3.63, 3.8) is 0 Å². The van der Waals surface area contributed by atoms with E-state index in [-0.39, 0.29) is 37.2 Å². The summed E-state index contributed by atoms with van der Waals surface area (Å²) >= 11 is 0. The average Bonchev–Trinajstić information content (AvgIpc) is 3.35. The summed E-state index contributed by atoms with van der Waals surface area (Å²) in [6, 6.07) is 11.5. The topological polar surface area (TPSA) is 85.1 Å². The summed E-state index contributed by atoms with van der Waals surface area (Å²) in [5.74, 6) is 0.282. The predicted octanol–water partition coefficient (Wildman–Crippen LogP) is 4.96. The molecule has 7 nitrogen and oxygen atoms in total. The highest BCUT2D eigenvalue weighted by Gasteiger charge is 2.30. The van der Waals surface area contributed by atoms with Crippen molar-refractivity contribution in [1.82, 2.24) is 9.80 Å². The summed E-state index contributed by atoms with van der Waals surface area (Å²) in [4.78, 5) is 27.7. The standard InChI is InChI=1S/C30H39F2N3O4/c1-19(2)38-30(37)34-13-10-21(11-14-34)20(3)39-26-8-6-22(7-9-26)23-4-5-24(27(32)16-23)17-28(33)29(36)35-15-12-25(31)18-35/h4-9,16,19-21,25,28H,10-15,17-18,33H2,1-3H3/t20?,25-,28-/m0/s1. The van der Waals surface area contributed by atoms with Crippen molar-refractivity contribution in [2.45, 2.75) is 70.9 Å². The van der Waals surface area contributed by atoms with Crippen LogP contribution < -0.4 is 10.5 Å². The molecule has 9 heteroatoms. The number of rotatable bonds is 8. The first-order valence-corrected chi connectivity index (χ1v) is 13.8. The fourth-order valence-corrected chi connectivity index (χ4v) is 5.23. The van der Waals surface area contributed by atoms with Crippen molar-refractivity contribution in [3.8, 4) is 16.9 Å². The first kappa shape index (κ1) is 28.8. The number of benzene rings is 2. The van der Waals surface area contributed by atoms with E-state index in [2.05, 4.69) is 0 Å². The van der Waals surface area contributed by atoms with Crippen LogP contribution in [0.1, 0.15) is 45.6 Å². The smallest absolute Gasteiger partial charge is 0.410 e. The van der Waals surface area contributed by atoms with Crippen LogP contribution in [0.15, 0.2) is 42.5 Å². The number of nitrogens with zero attached hydrogens (tertiary/aromatic N) is 2.